The number of oxime groups is 1. The number of rotatable bonds is 7. The Bertz CT molecular complexity index is 1030. The lowest BCUT2D eigenvalue weighted by Gasteiger charge is -2.59. The highest BCUT2D eigenvalue weighted by Crippen LogP contribution is 2.69. The predicted octanol–water partition coefficient (Wildman–Crippen LogP) is 4.69. The lowest BCUT2D eigenvalue weighted by atomic mass is 9.46. The summed E-state index contributed by atoms with van der Waals surface area (Å²) in [7, 11) is 0. The van der Waals surface area contributed by atoms with Gasteiger partial charge in [0.15, 0.2) is 0 Å². The van der Waals surface area contributed by atoms with Gasteiger partial charge in [0, 0.05) is 12.0 Å². The molecule has 4 aliphatic rings. The summed E-state index contributed by atoms with van der Waals surface area (Å²) in [6.07, 6.45) is 14.3. The number of allylic oxidation sites excluding steroid dienone is 2. The van der Waals surface area contributed by atoms with Crippen molar-refractivity contribution < 1.29 is 19.8 Å². The number of hydrogen-bond donors (Lipinski definition) is 2. The van der Waals surface area contributed by atoms with E-state index in [0.717, 1.165) is 82.2 Å². The molecule has 0 bridgehead atoms. The van der Waals surface area contributed by atoms with Crippen LogP contribution >= 0.6 is 0 Å². The summed E-state index contributed by atoms with van der Waals surface area (Å²) in [4.78, 5) is 15.8. The number of fused-ring (bicyclic) bond motifs is 5. The number of aryl methyl sites for hydroxylation is 1. The molecule has 2 N–H and O–H groups in total. The van der Waals surface area contributed by atoms with E-state index in [0.29, 0.717) is 17.8 Å². The number of aliphatic hydroxyl groups is 1. The van der Waals surface area contributed by atoms with E-state index in [-0.39, 0.29) is 10.8 Å². The molecule has 0 spiro atoms. The van der Waals surface area contributed by atoms with Gasteiger partial charge in [-0.3, -0.25) is 4.68 Å². The summed E-state index contributed by atoms with van der Waals surface area (Å²) < 4.78 is 1.90. The molecule has 1 aromatic heterocycles. The third-order valence-corrected chi connectivity index (χ3v) is 10.2. The molecule has 5 rings (SSSR count). The van der Waals surface area contributed by atoms with Crippen LogP contribution in [0.4, 0.5) is 0 Å². The summed E-state index contributed by atoms with van der Waals surface area (Å²) in [5.74, 6) is 0.680. The highest BCUT2D eigenvalue weighted by atomic mass is 16.6. The molecule has 8 nitrogen and oxygen atoms in total. The first-order valence-electron chi connectivity index (χ1n) is 13.5. The third kappa shape index (κ3) is 3.92. The zero-order valence-electron chi connectivity index (χ0n) is 21.4. The van der Waals surface area contributed by atoms with Crippen molar-refractivity contribution in [1.29, 1.82) is 0 Å². The summed E-state index contributed by atoms with van der Waals surface area (Å²) in [5.41, 5.74) is 2.12. The minimum atomic E-state index is -1.01. The standard InChI is InChI=1S/C27H40N4O4/c1-4-5-14-31-16-23(28-30-31)27(34)13-10-22-20-7-6-18-15-19(29-35-17-24(32)33)8-11-25(18,2)21(20)9-12-26(22,27)3/h15-16,20-22,34H,4-14,17H2,1-3H3,(H,32,33)/b29-19-/t20?,21?,22?,25-,26-,27+/m0/s1. The van der Waals surface area contributed by atoms with Gasteiger partial charge in [-0.1, -0.05) is 43.1 Å². The van der Waals surface area contributed by atoms with E-state index in [9.17, 15) is 9.90 Å². The summed E-state index contributed by atoms with van der Waals surface area (Å²) in [6.45, 7) is 7.36. The fourth-order valence-corrected chi connectivity index (χ4v) is 8.17. The topological polar surface area (TPSA) is 110 Å². The Hall–Kier alpha value is -2.22. The molecule has 8 heteroatoms. The third-order valence-electron chi connectivity index (χ3n) is 10.2. The van der Waals surface area contributed by atoms with Gasteiger partial charge < -0.3 is 15.1 Å². The van der Waals surface area contributed by atoms with Gasteiger partial charge in [0.05, 0.1) is 11.9 Å². The zero-order valence-corrected chi connectivity index (χ0v) is 21.4. The molecule has 1 aromatic rings. The number of nitrogens with zero attached hydrogens (tertiary/aromatic N) is 4. The fourth-order valence-electron chi connectivity index (χ4n) is 8.17. The van der Waals surface area contributed by atoms with Crippen molar-refractivity contribution in [2.24, 2.45) is 33.7 Å². The molecule has 0 aliphatic heterocycles. The number of carboxylic acids is 1. The smallest absolute Gasteiger partial charge is 0.344 e. The van der Waals surface area contributed by atoms with E-state index in [1.807, 2.05) is 10.9 Å². The van der Waals surface area contributed by atoms with Gasteiger partial charge in [-0.05, 0) is 87.0 Å². The number of carbonyl (C=O) groups is 1. The Morgan fingerprint density at radius 2 is 2.00 bits per heavy atom. The average Bonchev–Trinajstić information content (AvgIpc) is 3.41. The summed E-state index contributed by atoms with van der Waals surface area (Å²) in [6, 6.07) is 0. The van der Waals surface area contributed by atoms with Crippen molar-refractivity contribution in [3.63, 3.8) is 0 Å². The maximum absolute atomic E-state index is 12.1. The van der Waals surface area contributed by atoms with E-state index >= 15 is 0 Å². The fraction of sp³-hybridized carbons (Fsp3) is 0.778. The maximum atomic E-state index is 12.1. The van der Waals surface area contributed by atoms with Crippen LogP contribution in [-0.2, 0) is 21.8 Å². The number of aromatic nitrogens is 3. The number of unbranched alkanes of at least 4 members (excludes halogenated alkanes) is 1. The molecule has 3 fully saturated rings. The van der Waals surface area contributed by atoms with Crippen LogP contribution in [-0.4, -0.2) is 43.5 Å². The molecule has 0 amide bonds. The van der Waals surface area contributed by atoms with Crippen molar-refractivity contribution in [1.82, 2.24) is 15.0 Å². The highest BCUT2D eigenvalue weighted by molar-refractivity contribution is 5.96. The minimum absolute atomic E-state index is 0.139. The average molecular weight is 485 g/mol. The lowest BCUT2D eigenvalue weighted by molar-refractivity contribution is -0.142. The lowest BCUT2D eigenvalue weighted by Crippen LogP contribution is -2.53. The predicted molar refractivity (Wildman–Crippen MR) is 132 cm³/mol. The van der Waals surface area contributed by atoms with Gasteiger partial charge in [-0.15, -0.1) is 5.10 Å². The second kappa shape index (κ2) is 9.02. The first kappa shape index (κ1) is 24.5. The van der Waals surface area contributed by atoms with E-state index in [4.69, 9.17) is 9.94 Å². The van der Waals surface area contributed by atoms with E-state index in [2.05, 4.69) is 42.3 Å². The molecule has 6 atom stereocenters. The van der Waals surface area contributed by atoms with Crippen LogP contribution in [0.5, 0.6) is 0 Å². The van der Waals surface area contributed by atoms with Crippen LogP contribution in [0.15, 0.2) is 23.0 Å². The summed E-state index contributed by atoms with van der Waals surface area (Å²) in [5, 5.41) is 33.8. The van der Waals surface area contributed by atoms with Crippen molar-refractivity contribution in [3.8, 4) is 0 Å². The Morgan fingerprint density at radius 1 is 1.20 bits per heavy atom. The van der Waals surface area contributed by atoms with Crippen LogP contribution in [0.25, 0.3) is 0 Å². The first-order valence-corrected chi connectivity index (χ1v) is 13.5. The van der Waals surface area contributed by atoms with E-state index in [1.54, 1.807) is 0 Å². The molecule has 0 saturated heterocycles. The van der Waals surface area contributed by atoms with Gasteiger partial charge in [0.1, 0.15) is 11.3 Å². The number of aliphatic carboxylic acids is 1. The first-order chi connectivity index (χ1) is 16.7. The van der Waals surface area contributed by atoms with Crippen molar-refractivity contribution in [2.75, 3.05) is 6.61 Å². The molecule has 1 heterocycles. The number of hydrogen-bond acceptors (Lipinski definition) is 6. The molecule has 3 unspecified atom stereocenters. The quantitative estimate of drug-likeness (QED) is 0.544. The molecular formula is C27H40N4O4. The Labute approximate surface area is 207 Å². The molecule has 35 heavy (non-hydrogen) atoms. The van der Waals surface area contributed by atoms with Gasteiger partial charge in [-0.2, -0.15) is 0 Å². The molecule has 3 saturated carbocycles. The molecule has 192 valence electrons. The largest absolute Gasteiger partial charge is 0.479 e. The molecule has 0 aromatic carbocycles. The van der Waals surface area contributed by atoms with Crippen LogP contribution in [0.3, 0.4) is 0 Å². The van der Waals surface area contributed by atoms with Crippen LogP contribution in [0, 0.1) is 28.6 Å². The second-order valence-electron chi connectivity index (χ2n) is 11.8. The highest BCUT2D eigenvalue weighted by Gasteiger charge is 2.65. The SMILES string of the molecule is CCCCn1cc([C@]2(O)CCC3C4CCC5=C/C(=N\OCC(=O)O)CC[C@]5(C)C4CC[C@@]32C)nn1. The van der Waals surface area contributed by atoms with Crippen LogP contribution in [0.2, 0.25) is 0 Å². The normalized spacial score (nSPS) is 39.5. The monoisotopic (exact) mass is 484 g/mol. The molecule has 4 aliphatic carbocycles. The van der Waals surface area contributed by atoms with E-state index < -0.39 is 18.2 Å². The van der Waals surface area contributed by atoms with Crippen molar-refractivity contribution in [2.45, 2.75) is 97.1 Å². The minimum Gasteiger partial charge on any atom is -0.479 e. The van der Waals surface area contributed by atoms with Gasteiger partial charge in [-0.25, -0.2) is 4.79 Å². The van der Waals surface area contributed by atoms with Crippen LogP contribution in [0.1, 0.15) is 90.7 Å². The molecular weight excluding hydrogens is 444 g/mol. The molecule has 0 radical (unpaired) electrons. The maximum Gasteiger partial charge on any atom is 0.344 e. The number of carboxylic acid groups (broad SMARTS) is 1. The Balaban J connectivity index is 1.36. The van der Waals surface area contributed by atoms with E-state index in [1.165, 1.54) is 5.57 Å². The Morgan fingerprint density at radius 3 is 2.77 bits per heavy atom. The summed E-state index contributed by atoms with van der Waals surface area (Å²) >= 11 is 0. The van der Waals surface area contributed by atoms with Crippen molar-refractivity contribution in [3.05, 3.63) is 23.5 Å². The van der Waals surface area contributed by atoms with Gasteiger partial charge in [0.2, 0.25) is 6.61 Å². The van der Waals surface area contributed by atoms with Gasteiger partial charge >= 0.3 is 5.97 Å². The Kier molecular flexibility index (Phi) is 6.31. The van der Waals surface area contributed by atoms with Crippen molar-refractivity contribution >= 4 is 11.7 Å². The second-order valence-corrected chi connectivity index (χ2v) is 11.8. The zero-order chi connectivity index (χ0) is 24.8. The van der Waals surface area contributed by atoms with Crippen LogP contribution < -0.4 is 0 Å². The van der Waals surface area contributed by atoms with Gasteiger partial charge in [0.25, 0.3) is 0 Å².